The molecular formula is C16H17N3O3S. The van der Waals surface area contributed by atoms with Crippen molar-refractivity contribution in [2.24, 2.45) is 11.5 Å². The number of urea groups is 1. The molecule has 23 heavy (non-hydrogen) atoms. The van der Waals surface area contributed by atoms with Gasteiger partial charge in [0.25, 0.3) is 5.91 Å². The molecule has 0 fully saturated rings. The number of benzene rings is 1. The summed E-state index contributed by atoms with van der Waals surface area (Å²) < 4.78 is 5.46. The third kappa shape index (κ3) is 2.63. The maximum absolute atomic E-state index is 11.9. The number of carbonyl (C=O) groups excluding carboxylic acids is 2. The van der Waals surface area contributed by atoms with E-state index in [0.717, 1.165) is 40.2 Å². The minimum atomic E-state index is -0.713. The van der Waals surface area contributed by atoms with E-state index in [1.807, 2.05) is 18.2 Å². The van der Waals surface area contributed by atoms with Crippen LogP contribution in [0.4, 0.5) is 9.80 Å². The summed E-state index contributed by atoms with van der Waals surface area (Å²) in [4.78, 5) is 24.1. The highest BCUT2D eigenvalue weighted by Crippen LogP contribution is 2.45. The first-order valence-electron chi connectivity index (χ1n) is 7.21. The van der Waals surface area contributed by atoms with Crippen LogP contribution in [0.25, 0.3) is 10.4 Å². The third-order valence-electron chi connectivity index (χ3n) is 3.94. The lowest BCUT2D eigenvalue weighted by Gasteiger charge is -2.10. The summed E-state index contributed by atoms with van der Waals surface area (Å²) in [7, 11) is 1.64. The first-order chi connectivity index (χ1) is 11.0. The number of hydrogen-bond donors (Lipinski definition) is 3. The summed E-state index contributed by atoms with van der Waals surface area (Å²) in [6.45, 7) is 0. The topological polar surface area (TPSA) is 107 Å². The third-order valence-corrected chi connectivity index (χ3v) is 5.12. The van der Waals surface area contributed by atoms with Crippen molar-refractivity contribution >= 4 is 28.3 Å². The van der Waals surface area contributed by atoms with E-state index in [4.69, 9.17) is 16.2 Å². The number of carbonyl (C=O) groups is 2. The Kier molecular flexibility index (Phi) is 3.96. The van der Waals surface area contributed by atoms with Gasteiger partial charge in [0.05, 0.1) is 12.7 Å². The van der Waals surface area contributed by atoms with Gasteiger partial charge in [-0.25, -0.2) is 4.79 Å². The molecule has 1 aliphatic rings. The van der Waals surface area contributed by atoms with Crippen molar-refractivity contribution in [2.45, 2.75) is 19.3 Å². The minimum absolute atomic E-state index is 0.361. The van der Waals surface area contributed by atoms with Crippen molar-refractivity contribution in [3.8, 4) is 16.2 Å². The lowest BCUT2D eigenvalue weighted by Crippen LogP contribution is -2.22. The molecule has 1 heterocycles. The average Bonchev–Trinajstić information content (AvgIpc) is 2.75. The van der Waals surface area contributed by atoms with Gasteiger partial charge in [0, 0.05) is 10.4 Å². The maximum Gasteiger partial charge on any atom is 0.317 e. The van der Waals surface area contributed by atoms with Crippen LogP contribution in [0.1, 0.15) is 27.9 Å². The Morgan fingerprint density at radius 2 is 1.96 bits per heavy atom. The van der Waals surface area contributed by atoms with Crippen molar-refractivity contribution in [2.75, 3.05) is 12.4 Å². The van der Waals surface area contributed by atoms with Crippen LogP contribution in [-0.4, -0.2) is 19.0 Å². The zero-order valence-corrected chi connectivity index (χ0v) is 13.5. The zero-order valence-electron chi connectivity index (χ0n) is 12.6. The molecule has 2 aromatic rings. The second kappa shape index (κ2) is 5.92. The molecule has 0 atom stereocenters. The molecule has 1 aromatic heterocycles. The van der Waals surface area contributed by atoms with Gasteiger partial charge in [0.15, 0.2) is 0 Å². The Hall–Kier alpha value is -2.54. The monoisotopic (exact) mass is 331 g/mol. The van der Waals surface area contributed by atoms with Crippen LogP contribution in [0.3, 0.4) is 0 Å². The summed E-state index contributed by atoms with van der Waals surface area (Å²) in [5.41, 5.74) is 14.1. The predicted molar refractivity (Wildman–Crippen MR) is 90.1 cm³/mol. The molecule has 0 unspecified atom stereocenters. The second-order valence-electron chi connectivity index (χ2n) is 5.31. The van der Waals surface area contributed by atoms with Crippen LogP contribution in [0.2, 0.25) is 0 Å². The molecule has 120 valence electrons. The van der Waals surface area contributed by atoms with Crippen molar-refractivity contribution in [1.82, 2.24) is 0 Å². The largest absolute Gasteiger partial charge is 0.496 e. The van der Waals surface area contributed by atoms with E-state index in [2.05, 4.69) is 5.32 Å². The number of nitrogens with two attached hydrogens (primary N) is 2. The van der Waals surface area contributed by atoms with Gasteiger partial charge >= 0.3 is 6.03 Å². The molecule has 0 saturated carbocycles. The minimum Gasteiger partial charge on any atom is -0.496 e. The molecule has 1 aliphatic carbocycles. The van der Waals surface area contributed by atoms with Gasteiger partial charge in [-0.05, 0) is 36.5 Å². The van der Waals surface area contributed by atoms with E-state index >= 15 is 0 Å². The summed E-state index contributed by atoms with van der Waals surface area (Å²) in [5, 5.41) is 2.93. The zero-order chi connectivity index (χ0) is 16.6. The number of nitrogens with one attached hydrogen (secondary N) is 1. The molecule has 0 saturated heterocycles. The van der Waals surface area contributed by atoms with E-state index in [1.54, 1.807) is 7.11 Å². The smallest absolute Gasteiger partial charge is 0.317 e. The molecule has 3 rings (SSSR count). The summed E-state index contributed by atoms with van der Waals surface area (Å²) in [5.74, 6) is 0.270. The Morgan fingerprint density at radius 1 is 1.22 bits per heavy atom. The lowest BCUT2D eigenvalue weighted by atomic mass is 10.0. The van der Waals surface area contributed by atoms with Gasteiger partial charge in [-0.3, -0.25) is 10.1 Å². The van der Waals surface area contributed by atoms with Crippen molar-refractivity contribution in [3.63, 3.8) is 0 Å². The van der Waals surface area contributed by atoms with Gasteiger partial charge in [0.2, 0.25) is 0 Å². The van der Waals surface area contributed by atoms with Crippen LogP contribution in [-0.2, 0) is 12.8 Å². The fourth-order valence-corrected chi connectivity index (χ4v) is 4.36. The van der Waals surface area contributed by atoms with Gasteiger partial charge in [-0.2, -0.15) is 0 Å². The number of anilines is 1. The number of hydrogen-bond acceptors (Lipinski definition) is 4. The van der Waals surface area contributed by atoms with Crippen LogP contribution in [0, 0.1) is 0 Å². The molecule has 3 amide bonds. The number of amides is 3. The molecule has 1 aromatic carbocycles. The van der Waals surface area contributed by atoms with E-state index in [9.17, 15) is 9.59 Å². The van der Waals surface area contributed by atoms with Crippen molar-refractivity contribution < 1.29 is 14.3 Å². The molecule has 6 nitrogen and oxygen atoms in total. The van der Waals surface area contributed by atoms with E-state index in [1.165, 1.54) is 11.3 Å². The number of methoxy groups -OCH3 is 1. The summed E-state index contributed by atoms with van der Waals surface area (Å²) >= 11 is 1.33. The van der Waals surface area contributed by atoms with Gasteiger partial charge in [0.1, 0.15) is 10.8 Å². The molecule has 0 spiro atoms. The first-order valence-corrected chi connectivity index (χ1v) is 8.02. The number of fused-ring (bicyclic) bond motifs is 3. The number of rotatable bonds is 3. The van der Waals surface area contributed by atoms with E-state index in [0.29, 0.717) is 17.0 Å². The molecule has 7 heteroatoms. The van der Waals surface area contributed by atoms with Gasteiger partial charge < -0.3 is 16.2 Å². The number of ether oxygens (including phenoxy) is 1. The SMILES string of the molecule is COc1cccc2c1CCCc1c-2sc(NC(N)=O)c1C(N)=O. The highest BCUT2D eigenvalue weighted by molar-refractivity contribution is 7.20. The van der Waals surface area contributed by atoms with Crippen molar-refractivity contribution in [1.29, 1.82) is 0 Å². The molecule has 0 bridgehead atoms. The van der Waals surface area contributed by atoms with E-state index in [-0.39, 0.29) is 0 Å². The fourth-order valence-electron chi connectivity index (χ4n) is 3.05. The Bertz CT molecular complexity index is 798. The Morgan fingerprint density at radius 3 is 2.61 bits per heavy atom. The lowest BCUT2D eigenvalue weighted by molar-refractivity contribution is 0.100. The van der Waals surface area contributed by atoms with Crippen LogP contribution < -0.4 is 21.5 Å². The Labute approximate surface area is 137 Å². The summed E-state index contributed by atoms with van der Waals surface area (Å²) in [6, 6.07) is 5.12. The molecule has 0 radical (unpaired) electrons. The normalized spacial score (nSPS) is 12.7. The highest BCUT2D eigenvalue weighted by atomic mass is 32.1. The number of thiophene rings is 1. The van der Waals surface area contributed by atoms with Crippen molar-refractivity contribution in [3.05, 3.63) is 34.9 Å². The van der Waals surface area contributed by atoms with Gasteiger partial charge in [-0.1, -0.05) is 12.1 Å². The van der Waals surface area contributed by atoms with Crippen LogP contribution in [0.15, 0.2) is 18.2 Å². The predicted octanol–water partition coefficient (Wildman–Crippen LogP) is 2.50. The standard InChI is InChI=1S/C16H17N3O3S/c1-22-11-7-3-5-9-8(11)4-2-6-10-12(14(17)20)15(19-16(18)21)23-13(9)10/h3,5,7H,2,4,6H2,1H3,(H2,17,20)(H3,18,19,21). The van der Waals surface area contributed by atoms with Crippen LogP contribution >= 0.6 is 11.3 Å². The highest BCUT2D eigenvalue weighted by Gasteiger charge is 2.27. The quantitative estimate of drug-likeness (QED) is 0.804. The summed E-state index contributed by atoms with van der Waals surface area (Å²) in [6.07, 6.45) is 2.44. The maximum atomic E-state index is 11.9. The van der Waals surface area contributed by atoms with E-state index < -0.39 is 11.9 Å². The van der Waals surface area contributed by atoms with Gasteiger partial charge in [-0.15, -0.1) is 11.3 Å². The first kappa shape index (κ1) is 15.4. The molecular weight excluding hydrogens is 314 g/mol. The Balaban J connectivity index is 2.25. The molecule has 5 N–H and O–H groups in total. The number of primary amides is 2. The average molecular weight is 331 g/mol. The fraction of sp³-hybridized carbons (Fsp3) is 0.250. The van der Waals surface area contributed by atoms with Crippen LogP contribution in [0.5, 0.6) is 5.75 Å². The molecule has 0 aliphatic heterocycles. The second-order valence-corrected chi connectivity index (χ2v) is 6.33.